The third-order valence-electron chi connectivity index (χ3n) is 4.40. The number of nitrogens with zero attached hydrogens (tertiary/aromatic N) is 2. The molecule has 2 unspecified atom stereocenters. The number of hydrogen-bond acceptors (Lipinski definition) is 3. The van der Waals surface area contributed by atoms with Crippen molar-refractivity contribution >= 4 is 0 Å². The summed E-state index contributed by atoms with van der Waals surface area (Å²) < 4.78 is 0. The molecule has 0 bridgehead atoms. The summed E-state index contributed by atoms with van der Waals surface area (Å²) in [7, 11) is 4.29. The van der Waals surface area contributed by atoms with Gasteiger partial charge in [-0.2, -0.15) is 0 Å². The maximum atomic E-state index is 3.48. The molecule has 0 saturated carbocycles. The lowest BCUT2D eigenvalue weighted by molar-refractivity contribution is 0.0976. The highest BCUT2D eigenvalue weighted by Gasteiger charge is 2.23. The number of rotatable bonds is 4. The highest BCUT2D eigenvalue weighted by atomic mass is 15.3. The van der Waals surface area contributed by atoms with Gasteiger partial charge in [0.15, 0.2) is 0 Å². The fraction of sp³-hybridized carbons (Fsp3) is 0.625. The van der Waals surface area contributed by atoms with Gasteiger partial charge in [-0.1, -0.05) is 24.3 Å². The van der Waals surface area contributed by atoms with Crippen LogP contribution in [0, 0.1) is 6.92 Å². The van der Waals surface area contributed by atoms with Gasteiger partial charge in [0.1, 0.15) is 0 Å². The second-order valence-electron chi connectivity index (χ2n) is 5.79. The molecule has 2 atom stereocenters. The Balaban J connectivity index is 2.02. The Morgan fingerprint density at radius 3 is 2.68 bits per heavy atom. The first-order valence-corrected chi connectivity index (χ1v) is 7.27. The first kappa shape index (κ1) is 14.5. The lowest BCUT2D eigenvalue weighted by Gasteiger charge is -2.39. The van der Waals surface area contributed by atoms with Crippen molar-refractivity contribution in [1.29, 1.82) is 0 Å². The van der Waals surface area contributed by atoms with Gasteiger partial charge in [0.25, 0.3) is 0 Å². The van der Waals surface area contributed by atoms with Crippen LogP contribution >= 0.6 is 0 Å². The molecule has 1 saturated heterocycles. The standard InChI is InChI=1S/C16H27N3/c1-13-7-5-6-8-15(13)16(17-3)12-19-10-9-18(4)14(2)11-19/h5-8,14,16-17H,9-12H2,1-4H3. The zero-order valence-electron chi connectivity index (χ0n) is 12.7. The molecule has 1 aliphatic rings. The van der Waals surface area contributed by atoms with Crippen molar-refractivity contribution in [2.75, 3.05) is 40.3 Å². The molecule has 0 radical (unpaired) electrons. The van der Waals surface area contributed by atoms with Crippen LogP contribution in [0.5, 0.6) is 0 Å². The zero-order chi connectivity index (χ0) is 13.8. The van der Waals surface area contributed by atoms with Crippen molar-refractivity contribution in [1.82, 2.24) is 15.1 Å². The molecule has 3 nitrogen and oxygen atoms in total. The number of aryl methyl sites for hydroxylation is 1. The van der Waals surface area contributed by atoms with E-state index in [1.807, 2.05) is 0 Å². The normalized spacial score (nSPS) is 23.5. The second-order valence-corrected chi connectivity index (χ2v) is 5.79. The topological polar surface area (TPSA) is 18.5 Å². The maximum absolute atomic E-state index is 3.48. The fourth-order valence-electron chi connectivity index (χ4n) is 2.87. The minimum atomic E-state index is 0.428. The highest BCUT2D eigenvalue weighted by Crippen LogP contribution is 2.19. The Labute approximate surface area is 117 Å². The minimum Gasteiger partial charge on any atom is -0.312 e. The van der Waals surface area contributed by atoms with E-state index in [1.165, 1.54) is 30.8 Å². The first-order chi connectivity index (χ1) is 9.11. The molecule has 1 N–H and O–H groups in total. The Kier molecular flexibility index (Phi) is 4.97. The number of benzene rings is 1. The van der Waals surface area contributed by atoms with E-state index in [1.54, 1.807) is 0 Å². The van der Waals surface area contributed by atoms with Gasteiger partial charge in [0, 0.05) is 38.3 Å². The summed E-state index contributed by atoms with van der Waals surface area (Å²) in [5.74, 6) is 0. The summed E-state index contributed by atoms with van der Waals surface area (Å²) in [6.45, 7) is 9.12. The SMILES string of the molecule is CNC(CN1CCN(C)C(C)C1)c1ccccc1C. The monoisotopic (exact) mass is 261 g/mol. The molecular weight excluding hydrogens is 234 g/mol. The van der Waals surface area contributed by atoms with E-state index in [9.17, 15) is 0 Å². The quantitative estimate of drug-likeness (QED) is 0.893. The summed E-state index contributed by atoms with van der Waals surface area (Å²) in [6, 6.07) is 9.78. The van der Waals surface area contributed by atoms with E-state index in [0.29, 0.717) is 12.1 Å². The van der Waals surface area contributed by atoms with Gasteiger partial charge in [0.2, 0.25) is 0 Å². The third kappa shape index (κ3) is 3.56. The summed E-state index contributed by atoms with van der Waals surface area (Å²) in [4.78, 5) is 5.02. The lowest BCUT2D eigenvalue weighted by atomic mass is 10.0. The van der Waals surface area contributed by atoms with E-state index >= 15 is 0 Å². The minimum absolute atomic E-state index is 0.428. The predicted octanol–water partition coefficient (Wildman–Crippen LogP) is 1.89. The Morgan fingerprint density at radius 2 is 2.05 bits per heavy atom. The lowest BCUT2D eigenvalue weighted by Crippen LogP contribution is -2.51. The molecular formula is C16H27N3. The van der Waals surface area contributed by atoms with Crippen molar-refractivity contribution in [3.63, 3.8) is 0 Å². The van der Waals surface area contributed by atoms with Crippen LogP contribution in [0.3, 0.4) is 0 Å². The second kappa shape index (κ2) is 6.51. The molecule has 1 aromatic rings. The van der Waals surface area contributed by atoms with Gasteiger partial charge in [-0.15, -0.1) is 0 Å². The highest BCUT2D eigenvalue weighted by molar-refractivity contribution is 5.29. The largest absolute Gasteiger partial charge is 0.312 e. The molecule has 19 heavy (non-hydrogen) atoms. The van der Waals surface area contributed by atoms with Crippen LogP contribution in [-0.4, -0.2) is 56.1 Å². The van der Waals surface area contributed by atoms with Crippen molar-refractivity contribution < 1.29 is 0 Å². The molecule has 0 spiro atoms. The van der Waals surface area contributed by atoms with E-state index in [0.717, 1.165) is 6.54 Å². The molecule has 2 rings (SSSR count). The van der Waals surface area contributed by atoms with Crippen LogP contribution in [0.25, 0.3) is 0 Å². The Hall–Kier alpha value is -0.900. The van der Waals surface area contributed by atoms with Crippen LogP contribution in [0.4, 0.5) is 0 Å². The number of nitrogens with one attached hydrogen (secondary N) is 1. The summed E-state index contributed by atoms with van der Waals surface area (Å²) in [6.07, 6.45) is 0. The van der Waals surface area contributed by atoms with E-state index in [2.05, 4.69) is 67.3 Å². The van der Waals surface area contributed by atoms with Crippen molar-refractivity contribution in [3.8, 4) is 0 Å². The average molecular weight is 261 g/mol. The fourth-order valence-corrected chi connectivity index (χ4v) is 2.87. The molecule has 0 aliphatic carbocycles. The Morgan fingerprint density at radius 1 is 1.32 bits per heavy atom. The smallest absolute Gasteiger partial charge is 0.0449 e. The van der Waals surface area contributed by atoms with Crippen molar-refractivity contribution in [2.24, 2.45) is 0 Å². The summed E-state index contributed by atoms with van der Waals surface area (Å²) in [5.41, 5.74) is 2.81. The summed E-state index contributed by atoms with van der Waals surface area (Å²) >= 11 is 0. The molecule has 0 amide bonds. The molecule has 1 aromatic carbocycles. The van der Waals surface area contributed by atoms with E-state index in [-0.39, 0.29) is 0 Å². The van der Waals surface area contributed by atoms with Crippen molar-refractivity contribution in [2.45, 2.75) is 25.9 Å². The number of likely N-dealkylation sites (N-methyl/N-ethyl adjacent to an activating group) is 2. The van der Waals surface area contributed by atoms with Crippen LogP contribution in [0.2, 0.25) is 0 Å². The molecule has 106 valence electrons. The molecule has 1 fully saturated rings. The van der Waals surface area contributed by atoms with E-state index in [4.69, 9.17) is 0 Å². The van der Waals surface area contributed by atoms with Crippen LogP contribution in [0.15, 0.2) is 24.3 Å². The van der Waals surface area contributed by atoms with Gasteiger partial charge in [-0.25, -0.2) is 0 Å². The Bertz CT molecular complexity index is 405. The first-order valence-electron chi connectivity index (χ1n) is 7.27. The van der Waals surface area contributed by atoms with Crippen LogP contribution in [-0.2, 0) is 0 Å². The average Bonchev–Trinajstić information content (AvgIpc) is 2.41. The molecule has 3 heteroatoms. The summed E-state index contributed by atoms with van der Waals surface area (Å²) in [5, 5.41) is 3.48. The maximum Gasteiger partial charge on any atom is 0.0449 e. The predicted molar refractivity (Wildman–Crippen MR) is 81.5 cm³/mol. The van der Waals surface area contributed by atoms with Crippen LogP contribution < -0.4 is 5.32 Å². The number of hydrogen-bond donors (Lipinski definition) is 1. The van der Waals surface area contributed by atoms with Gasteiger partial charge >= 0.3 is 0 Å². The molecule has 1 heterocycles. The molecule has 0 aromatic heterocycles. The van der Waals surface area contributed by atoms with Gasteiger partial charge in [-0.05, 0) is 39.1 Å². The van der Waals surface area contributed by atoms with Crippen molar-refractivity contribution in [3.05, 3.63) is 35.4 Å². The third-order valence-corrected chi connectivity index (χ3v) is 4.40. The number of piperazine rings is 1. The van der Waals surface area contributed by atoms with E-state index < -0.39 is 0 Å². The van der Waals surface area contributed by atoms with Gasteiger partial charge < -0.3 is 10.2 Å². The zero-order valence-corrected chi connectivity index (χ0v) is 12.7. The molecule has 1 aliphatic heterocycles. The van der Waals surface area contributed by atoms with Gasteiger partial charge in [-0.3, -0.25) is 4.90 Å². The van der Waals surface area contributed by atoms with Gasteiger partial charge in [0.05, 0.1) is 0 Å². The van der Waals surface area contributed by atoms with Crippen LogP contribution in [0.1, 0.15) is 24.1 Å².